The van der Waals surface area contributed by atoms with Crippen LogP contribution in [-0.2, 0) is 0 Å². The van der Waals surface area contributed by atoms with Crippen LogP contribution < -0.4 is 5.32 Å². The van der Waals surface area contributed by atoms with E-state index in [4.69, 9.17) is 0 Å². The van der Waals surface area contributed by atoms with Crippen LogP contribution in [0.3, 0.4) is 0 Å². The second-order valence-electron chi connectivity index (χ2n) is 8.53. The summed E-state index contributed by atoms with van der Waals surface area (Å²) in [4.78, 5) is 21.7. The van der Waals surface area contributed by atoms with Crippen molar-refractivity contribution in [1.29, 1.82) is 0 Å². The number of allylic oxidation sites excluding steroid dienone is 3. The third kappa shape index (κ3) is 3.69. The van der Waals surface area contributed by atoms with Gasteiger partial charge in [-0.3, -0.25) is 9.78 Å². The van der Waals surface area contributed by atoms with Gasteiger partial charge in [0.1, 0.15) is 17.8 Å². The van der Waals surface area contributed by atoms with E-state index in [0.717, 1.165) is 29.3 Å². The van der Waals surface area contributed by atoms with E-state index >= 15 is 0 Å². The first kappa shape index (κ1) is 18.2. The van der Waals surface area contributed by atoms with E-state index in [2.05, 4.69) is 42.2 Å². The average molecular weight is 413 g/mol. The highest BCUT2D eigenvalue weighted by Gasteiger charge is 2.29. The smallest absolute Gasteiger partial charge is 0.274 e. The zero-order valence-electron chi connectivity index (χ0n) is 17.1. The third-order valence-corrected chi connectivity index (χ3v) is 6.07. The van der Waals surface area contributed by atoms with Gasteiger partial charge in [-0.1, -0.05) is 6.08 Å². The maximum atomic E-state index is 12.9. The van der Waals surface area contributed by atoms with Crippen LogP contribution in [0.25, 0.3) is 5.69 Å². The molecule has 1 atom stereocenters. The van der Waals surface area contributed by atoms with Gasteiger partial charge < -0.3 is 14.5 Å². The molecule has 31 heavy (non-hydrogen) atoms. The number of hydrogen-bond donors (Lipinski definition) is 1. The molecule has 156 valence electrons. The molecule has 0 saturated heterocycles. The van der Waals surface area contributed by atoms with Crippen LogP contribution in [0.2, 0.25) is 0 Å². The van der Waals surface area contributed by atoms with Crippen molar-refractivity contribution in [2.75, 3.05) is 0 Å². The Balaban J connectivity index is 1.19. The molecule has 2 saturated carbocycles. The number of nitrogens with one attached hydrogen (secondary N) is 1. The van der Waals surface area contributed by atoms with E-state index < -0.39 is 0 Å². The lowest BCUT2D eigenvalue weighted by atomic mass is 9.98. The maximum Gasteiger partial charge on any atom is 0.274 e. The molecule has 3 aliphatic carbocycles. The van der Waals surface area contributed by atoms with Crippen molar-refractivity contribution in [3.05, 3.63) is 78.3 Å². The van der Waals surface area contributed by atoms with Gasteiger partial charge in [0.05, 0.1) is 17.7 Å². The standard InChI is InChI=1S/C23H23N7O/c31-23(20-11-19(8-9-24-20)29-12-21(25-13-29)15-4-5-15)27-17-3-1-2-16(10-17)22-28-26-14-30(22)18-6-7-18/h1,3,8-16,18H,2,4-7H2,(H,27,31). The molecule has 3 aromatic heterocycles. The Morgan fingerprint density at radius 3 is 2.87 bits per heavy atom. The predicted molar refractivity (Wildman–Crippen MR) is 114 cm³/mol. The molecule has 0 aromatic carbocycles. The lowest BCUT2D eigenvalue weighted by Gasteiger charge is -2.17. The molecule has 1 N–H and O–H groups in total. The van der Waals surface area contributed by atoms with Crippen LogP contribution in [0.4, 0.5) is 0 Å². The van der Waals surface area contributed by atoms with Crippen LogP contribution in [0.1, 0.15) is 72.0 Å². The van der Waals surface area contributed by atoms with Crippen molar-refractivity contribution in [1.82, 2.24) is 34.6 Å². The molecule has 3 aliphatic rings. The van der Waals surface area contributed by atoms with Gasteiger partial charge in [0.25, 0.3) is 5.91 Å². The molecular weight excluding hydrogens is 390 g/mol. The van der Waals surface area contributed by atoms with E-state index in [9.17, 15) is 4.79 Å². The quantitative estimate of drug-likeness (QED) is 0.669. The van der Waals surface area contributed by atoms with Gasteiger partial charge in [-0.05, 0) is 56.4 Å². The maximum absolute atomic E-state index is 12.9. The lowest BCUT2D eigenvalue weighted by Crippen LogP contribution is -2.24. The molecule has 0 radical (unpaired) electrons. The largest absolute Gasteiger partial charge is 0.321 e. The first-order valence-corrected chi connectivity index (χ1v) is 10.8. The molecular formula is C23H23N7O. The van der Waals surface area contributed by atoms with Crippen LogP contribution in [-0.4, -0.2) is 35.2 Å². The van der Waals surface area contributed by atoms with Gasteiger partial charge in [0.15, 0.2) is 0 Å². The fraction of sp³-hybridized carbons (Fsp3) is 0.348. The normalized spacial score (nSPS) is 20.5. The second kappa shape index (κ2) is 7.30. The fourth-order valence-corrected chi connectivity index (χ4v) is 4.06. The van der Waals surface area contributed by atoms with Gasteiger partial charge in [-0.25, -0.2) is 4.98 Å². The van der Waals surface area contributed by atoms with Gasteiger partial charge in [0, 0.05) is 36.0 Å². The first-order valence-electron chi connectivity index (χ1n) is 10.8. The zero-order valence-corrected chi connectivity index (χ0v) is 17.1. The summed E-state index contributed by atoms with van der Waals surface area (Å²) < 4.78 is 4.12. The second-order valence-corrected chi connectivity index (χ2v) is 8.53. The summed E-state index contributed by atoms with van der Waals surface area (Å²) in [6.07, 6.45) is 19.0. The average Bonchev–Trinajstić information content (AvgIpc) is 3.73. The number of carbonyl (C=O) groups excluding carboxylic acids is 1. The zero-order chi connectivity index (χ0) is 20.8. The van der Waals surface area contributed by atoms with Gasteiger partial charge in [-0.15, -0.1) is 10.2 Å². The van der Waals surface area contributed by atoms with Crippen molar-refractivity contribution in [3.63, 3.8) is 0 Å². The molecule has 1 amide bonds. The van der Waals surface area contributed by atoms with E-state index in [1.54, 1.807) is 18.6 Å². The summed E-state index contributed by atoms with van der Waals surface area (Å²) in [5.41, 5.74) is 3.13. The Kier molecular flexibility index (Phi) is 4.29. The summed E-state index contributed by atoms with van der Waals surface area (Å²) in [5.74, 6) is 1.43. The number of imidazole rings is 1. The number of aromatic nitrogens is 6. The number of carbonyl (C=O) groups is 1. The summed E-state index contributed by atoms with van der Waals surface area (Å²) in [6, 6.07) is 4.20. The Labute approximate surface area is 179 Å². The van der Waals surface area contributed by atoms with E-state index in [1.807, 2.05) is 29.2 Å². The summed E-state index contributed by atoms with van der Waals surface area (Å²) in [5, 5.41) is 11.4. The minimum atomic E-state index is -0.232. The SMILES string of the molecule is O=C(NC1=CC(c2nncn2C2CC2)CC=C1)c1cc(-n2cnc(C3CC3)c2)ccn1. The molecule has 3 heterocycles. The molecule has 3 aromatic rings. The van der Waals surface area contributed by atoms with Crippen LogP contribution in [0.15, 0.2) is 61.1 Å². The summed E-state index contributed by atoms with van der Waals surface area (Å²) in [7, 11) is 0. The van der Waals surface area contributed by atoms with Gasteiger partial charge >= 0.3 is 0 Å². The number of pyridine rings is 1. The molecule has 8 heteroatoms. The molecule has 6 rings (SSSR count). The van der Waals surface area contributed by atoms with Crippen molar-refractivity contribution in [3.8, 4) is 5.69 Å². The molecule has 0 bridgehead atoms. The van der Waals surface area contributed by atoms with Crippen molar-refractivity contribution in [2.45, 2.75) is 50.0 Å². The minimum Gasteiger partial charge on any atom is -0.321 e. The van der Waals surface area contributed by atoms with E-state index in [0.29, 0.717) is 17.7 Å². The lowest BCUT2D eigenvalue weighted by molar-refractivity contribution is 0.0962. The molecule has 8 nitrogen and oxygen atoms in total. The van der Waals surface area contributed by atoms with Crippen molar-refractivity contribution < 1.29 is 4.79 Å². The summed E-state index contributed by atoms with van der Waals surface area (Å²) >= 11 is 0. The molecule has 0 spiro atoms. The van der Waals surface area contributed by atoms with Crippen molar-refractivity contribution in [2.24, 2.45) is 0 Å². The van der Waals surface area contributed by atoms with Crippen LogP contribution >= 0.6 is 0 Å². The van der Waals surface area contributed by atoms with Crippen molar-refractivity contribution >= 4 is 5.91 Å². The van der Waals surface area contributed by atoms with Gasteiger partial charge in [-0.2, -0.15) is 0 Å². The summed E-state index contributed by atoms with van der Waals surface area (Å²) in [6.45, 7) is 0. The number of nitrogens with zero attached hydrogens (tertiary/aromatic N) is 6. The number of hydrogen-bond acceptors (Lipinski definition) is 5. The topological polar surface area (TPSA) is 90.5 Å². The monoisotopic (exact) mass is 413 g/mol. The number of rotatable bonds is 6. The highest BCUT2D eigenvalue weighted by Crippen LogP contribution is 2.39. The van der Waals surface area contributed by atoms with Gasteiger partial charge in [0.2, 0.25) is 0 Å². The van der Waals surface area contributed by atoms with E-state index in [-0.39, 0.29) is 11.8 Å². The molecule has 2 fully saturated rings. The Morgan fingerprint density at radius 1 is 1.13 bits per heavy atom. The first-order chi connectivity index (χ1) is 15.2. The molecule has 0 aliphatic heterocycles. The number of amides is 1. The minimum absolute atomic E-state index is 0.106. The van der Waals surface area contributed by atoms with E-state index in [1.165, 1.54) is 25.7 Å². The third-order valence-electron chi connectivity index (χ3n) is 6.07. The predicted octanol–water partition coefficient (Wildman–Crippen LogP) is 3.43. The Bertz CT molecular complexity index is 1200. The fourth-order valence-electron chi connectivity index (χ4n) is 4.06. The highest BCUT2D eigenvalue weighted by atomic mass is 16.1. The van der Waals surface area contributed by atoms with Crippen LogP contribution in [0.5, 0.6) is 0 Å². The Hall–Kier alpha value is -3.55. The molecule has 1 unspecified atom stereocenters. The highest BCUT2D eigenvalue weighted by molar-refractivity contribution is 5.94. The van der Waals surface area contributed by atoms with Crippen LogP contribution in [0, 0.1) is 0 Å². The Morgan fingerprint density at radius 2 is 2.03 bits per heavy atom.